The Morgan fingerprint density at radius 3 is 2.76 bits per heavy atom. The number of hydrogen-bond acceptors (Lipinski definition) is 4. The van der Waals surface area contributed by atoms with Crippen LogP contribution in [0.25, 0.3) is 0 Å². The third kappa shape index (κ3) is 2.86. The summed E-state index contributed by atoms with van der Waals surface area (Å²) in [5, 5.41) is 2.16. The maximum atomic E-state index is 14.0. The van der Waals surface area contributed by atoms with Gasteiger partial charge in [-0.2, -0.15) is 0 Å². The number of benzene rings is 1. The number of piperazine rings is 1. The van der Waals surface area contributed by atoms with E-state index in [0.717, 1.165) is 11.0 Å². The summed E-state index contributed by atoms with van der Waals surface area (Å²) in [5.41, 5.74) is -0.197. The molecule has 6 nitrogen and oxygen atoms in total. The van der Waals surface area contributed by atoms with Gasteiger partial charge >= 0.3 is 0 Å². The molecule has 7 heteroatoms. The van der Waals surface area contributed by atoms with E-state index in [1.54, 1.807) is 6.92 Å². The molecule has 0 aliphatic carbocycles. The first-order valence-corrected chi connectivity index (χ1v) is 6.46. The molecule has 1 N–H and O–H groups in total. The average molecular weight is 294 g/mol. The Hall–Kier alpha value is -2.44. The minimum absolute atomic E-state index is 0.197. The van der Waals surface area contributed by atoms with Crippen LogP contribution in [-0.4, -0.2) is 42.3 Å². The van der Waals surface area contributed by atoms with E-state index in [-0.39, 0.29) is 17.9 Å². The fraction of sp³-hybridized carbons (Fsp3) is 0.357. The second-order valence-electron chi connectivity index (χ2n) is 4.62. The van der Waals surface area contributed by atoms with Crippen molar-refractivity contribution in [3.05, 3.63) is 29.6 Å². The molecular weight excluding hydrogens is 279 g/mol. The zero-order valence-electron chi connectivity index (χ0n) is 11.7. The molecule has 1 atom stereocenters. The predicted octanol–water partition coefficient (Wildman–Crippen LogP) is 0.711. The first kappa shape index (κ1) is 15.0. The largest absolute Gasteiger partial charge is 0.497 e. The van der Waals surface area contributed by atoms with E-state index < -0.39 is 29.6 Å². The third-order valence-corrected chi connectivity index (χ3v) is 3.31. The quantitative estimate of drug-likeness (QED) is 0.833. The van der Waals surface area contributed by atoms with Gasteiger partial charge in [0.05, 0.1) is 12.7 Å². The van der Waals surface area contributed by atoms with Gasteiger partial charge in [-0.1, -0.05) is 6.92 Å². The summed E-state index contributed by atoms with van der Waals surface area (Å²) in [6.45, 7) is 1.44. The highest BCUT2D eigenvalue weighted by Crippen LogP contribution is 2.20. The fourth-order valence-corrected chi connectivity index (χ4v) is 2.24. The molecule has 1 heterocycles. The van der Waals surface area contributed by atoms with Crippen LogP contribution in [0.1, 0.15) is 23.7 Å². The van der Waals surface area contributed by atoms with Crippen molar-refractivity contribution in [1.82, 2.24) is 10.2 Å². The Balaban J connectivity index is 2.33. The maximum absolute atomic E-state index is 14.0. The Labute approximate surface area is 120 Å². The smallest absolute Gasteiger partial charge is 0.257 e. The van der Waals surface area contributed by atoms with E-state index in [4.69, 9.17) is 4.74 Å². The molecule has 1 aromatic rings. The molecule has 2 rings (SSSR count). The zero-order chi connectivity index (χ0) is 15.6. The van der Waals surface area contributed by atoms with Gasteiger partial charge in [-0.25, -0.2) is 4.39 Å². The molecule has 1 unspecified atom stereocenters. The summed E-state index contributed by atoms with van der Waals surface area (Å²) >= 11 is 0. The van der Waals surface area contributed by atoms with Gasteiger partial charge in [0.1, 0.15) is 24.2 Å². The van der Waals surface area contributed by atoms with E-state index in [1.807, 2.05) is 0 Å². The van der Waals surface area contributed by atoms with Gasteiger partial charge < -0.3 is 9.64 Å². The summed E-state index contributed by atoms with van der Waals surface area (Å²) in [4.78, 5) is 36.6. The van der Waals surface area contributed by atoms with Gasteiger partial charge in [0.2, 0.25) is 11.8 Å². The van der Waals surface area contributed by atoms with Crippen LogP contribution >= 0.6 is 0 Å². The second-order valence-corrected chi connectivity index (χ2v) is 4.62. The number of nitrogens with one attached hydrogen (secondary N) is 1. The van der Waals surface area contributed by atoms with Crippen LogP contribution in [0.4, 0.5) is 4.39 Å². The van der Waals surface area contributed by atoms with Crippen molar-refractivity contribution in [2.24, 2.45) is 0 Å². The highest BCUT2D eigenvalue weighted by molar-refractivity contribution is 6.07. The summed E-state index contributed by atoms with van der Waals surface area (Å²) in [7, 11) is 1.39. The van der Waals surface area contributed by atoms with Crippen LogP contribution in [0, 0.1) is 5.82 Å². The van der Waals surface area contributed by atoms with Gasteiger partial charge in [-0.05, 0) is 18.6 Å². The molecule has 0 aromatic heterocycles. The number of carbonyl (C=O) groups is 3. The Bertz CT molecular complexity index is 603. The van der Waals surface area contributed by atoms with Crippen molar-refractivity contribution < 1.29 is 23.5 Å². The molecular formula is C14H15FN2O4. The van der Waals surface area contributed by atoms with Crippen LogP contribution < -0.4 is 10.1 Å². The van der Waals surface area contributed by atoms with Crippen molar-refractivity contribution in [2.75, 3.05) is 13.7 Å². The molecule has 112 valence electrons. The van der Waals surface area contributed by atoms with Crippen LogP contribution in [0.15, 0.2) is 18.2 Å². The van der Waals surface area contributed by atoms with Gasteiger partial charge in [-0.3, -0.25) is 19.7 Å². The SMILES string of the molecule is CCC1C(=O)NC(=O)CN1C(=O)c1ccc(OC)cc1F. The highest BCUT2D eigenvalue weighted by Gasteiger charge is 2.36. The lowest BCUT2D eigenvalue weighted by molar-refractivity contribution is -0.138. The molecule has 1 aliphatic heterocycles. The minimum atomic E-state index is -0.781. The predicted molar refractivity (Wildman–Crippen MR) is 71.2 cm³/mol. The van der Waals surface area contributed by atoms with Gasteiger partial charge in [0.15, 0.2) is 0 Å². The van der Waals surface area contributed by atoms with Crippen molar-refractivity contribution >= 4 is 17.7 Å². The number of nitrogens with zero attached hydrogens (tertiary/aromatic N) is 1. The molecule has 0 spiro atoms. The molecule has 1 saturated heterocycles. The van der Waals surface area contributed by atoms with E-state index in [1.165, 1.54) is 19.2 Å². The molecule has 21 heavy (non-hydrogen) atoms. The molecule has 0 saturated carbocycles. The van der Waals surface area contributed by atoms with E-state index in [2.05, 4.69) is 5.32 Å². The van der Waals surface area contributed by atoms with Crippen LogP contribution in [0.3, 0.4) is 0 Å². The lowest BCUT2D eigenvalue weighted by Gasteiger charge is -2.33. The number of ether oxygens (including phenoxy) is 1. The second kappa shape index (κ2) is 5.90. The third-order valence-electron chi connectivity index (χ3n) is 3.31. The first-order chi connectivity index (χ1) is 9.97. The summed E-state index contributed by atoms with van der Waals surface area (Å²) in [6.07, 6.45) is 0.336. The number of hydrogen-bond donors (Lipinski definition) is 1. The van der Waals surface area contributed by atoms with Crippen molar-refractivity contribution in [3.8, 4) is 5.75 Å². The normalized spacial score (nSPS) is 18.4. The molecule has 1 aromatic carbocycles. The van der Waals surface area contributed by atoms with E-state index in [9.17, 15) is 18.8 Å². The number of halogens is 1. The monoisotopic (exact) mass is 294 g/mol. The van der Waals surface area contributed by atoms with Crippen molar-refractivity contribution in [1.29, 1.82) is 0 Å². The molecule has 3 amide bonds. The number of rotatable bonds is 3. The van der Waals surface area contributed by atoms with Crippen molar-refractivity contribution in [3.63, 3.8) is 0 Å². The molecule has 0 radical (unpaired) electrons. The Kier molecular flexibility index (Phi) is 4.21. The Morgan fingerprint density at radius 1 is 1.48 bits per heavy atom. The van der Waals surface area contributed by atoms with Gasteiger partial charge in [-0.15, -0.1) is 0 Å². The number of imide groups is 1. The van der Waals surface area contributed by atoms with Crippen molar-refractivity contribution in [2.45, 2.75) is 19.4 Å². The summed E-state index contributed by atoms with van der Waals surface area (Å²) in [6, 6.07) is 3.03. The van der Waals surface area contributed by atoms with Gasteiger partial charge in [0.25, 0.3) is 5.91 Å². The molecule has 0 bridgehead atoms. The topological polar surface area (TPSA) is 75.7 Å². The number of amides is 3. The molecule has 1 aliphatic rings. The van der Waals surface area contributed by atoms with E-state index >= 15 is 0 Å². The number of methoxy groups -OCH3 is 1. The lowest BCUT2D eigenvalue weighted by atomic mass is 10.1. The average Bonchev–Trinajstić information content (AvgIpc) is 2.45. The summed E-state index contributed by atoms with van der Waals surface area (Å²) in [5.74, 6) is -2.29. The standard InChI is InChI=1S/C14H15FN2O4/c1-3-11-13(19)16-12(18)7-17(11)14(20)9-5-4-8(21-2)6-10(9)15/h4-6,11H,3,7H2,1-2H3,(H,16,18,19). The summed E-state index contributed by atoms with van der Waals surface area (Å²) < 4.78 is 18.8. The Morgan fingerprint density at radius 2 is 2.19 bits per heavy atom. The van der Waals surface area contributed by atoms with Crippen LogP contribution in [0.2, 0.25) is 0 Å². The van der Waals surface area contributed by atoms with Crippen LogP contribution in [-0.2, 0) is 9.59 Å². The minimum Gasteiger partial charge on any atom is -0.497 e. The maximum Gasteiger partial charge on any atom is 0.257 e. The first-order valence-electron chi connectivity index (χ1n) is 6.46. The number of carbonyl (C=O) groups excluding carboxylic acids is 3. The lowest BCUT2D eigenvalue weighted by Crippen LogP contribution is -2.59. The van der Waals surface area contributed by atoms with Crippen LogP contribution in [0.5, 0.6) is 5.75 Å². The zero-order valence-corrected chi connectivity index (χ0v) is 11.7. The van der Waals surface area contributed by atoms with Gasteiger partial charge in [0, 0.05) is 6.07 Å². The fourth-order valence-electron chi connectivity index (χ4n) is 2.24. The molecule has 1 fully saturated rings. The highest BCUT2D eigenvalue weighted by atomic mass is 19.1. The van der Waals surface area contributed by atoms with E-state index in [0.29, 0.717) is 6.42 Å².